The number of rotatable bonds is 3. The van der Waals surface area contributed by atoms with Gasteiger partial charge in [0, 0.05) is 24.6 Å². The third-order valence-corrected chi connectivity index (χ3v) is 3.66. The molecule has 1 aromatic rings. The number of hydrogen-bond acceptors (Lipinski definition) is 2. The Labute approximate surface area is 112 Å². The number of alkyl halides is 4. The van der Waals surface area contributed by atoms with E-state index >= 15 is 0 Å². The number of hydrogen-bond donors (Lipinski definition) is 0. The Morgan fingerprint density at radius 2 is 2.22 bits per heavy atom. The van der Waals surface area contributed by atoms with Crippen molar-refractivity contribution in [3.63, 3.8) is 0 Å². The van der Waals surface area contributed by atoms with E-state index in [1.807, 2.05) is 4.90 Å². The van der Waals surface area contributed by atoms with E-state index in [1.54, 1.807) is 0 Å². The highest BCUT2D eigenvalue weighted by molar-refractivity contribution is 9.09. The summed E-state index contributed by atoms with van der Waals surface area (Å²) in [5.41, 5.74) is -0.628. The Morgan fingerprint density at radius 3 is 2.89 bits per heavy atom. The maximum absolute atomic E-state index is 12.6. The summed E-state index contributed by atoms with van der Waals surface area (Å²) >= 11 is 3.39. The van der Waals surface area contributed by atoms with Gasteiger partial charge in [-0.1, -0.05) is 15.9 Å². The van der Waals surface area contributed by atoms with Crippen LogP contribution in [0.1, 0.15) is 18.4 Å². The van der Waals surface area contributed by atoms with Gasteiger partial charge in [-0.2, -0.15) is 13.2 Å². The molecule has 1 aliphatic heterocycles. The maximum Gasteiger partial charge on any atom is 0.416 e. The number of halogens is 4. The molecule has 0 aromatic carbocycles. The molecular weight excluding hydrogens is 309 g/mol. The van der Waals surface area contributed by atoms with Crippen LogP contribution in [0, 0.1) is 5.92 Å². The zero-order chi connectivity index (χ0) is 13.2. The first-order valence-electron chi connectivity index (χ1n) is 5.85. The Kier molecular flexibility index (Phi) is 4.14. The monoisotopic (exact) mass is 322 g/mol. The van der Waals surface area contributed by atoms with E-state index < -0.39 is 11.7 Å². The van der Waals surface area contributed by atoms with Gasteiger partial charge in [0.1, 0.15) is 5.82 Å². The van der Waals surface area contributed by atoms with Crippen LogP contribution in [0.5, 0.6) is 0 Å². The second-order valence-corrected chi connectivity index (χ2v) is 5.27. The maximum atomic E-state index is 12.6. The summed E-state index contributed by atoms with van der Waals surface area (Å²) in [7, 11) is 0. The van der Waals surface area contributed by atoms with E-state index in [4.69, 9.17) is 0 Å². The molecular formula is C12H14BrF3N2. The summed E-state index contributed by atoms with van der Waals surface area (Å²) in [4.78, 5) is 5.98. The number of aromatic nitrogens is 1. The van der Waals surface area contributed by atoms with Crippen LogP contribution < -0.4 is 4.90 Å². The Hall–Kier alpha value is -0.780. The molecule has 0 radical (unpaired) electrons. The summed E-state index contributed by atoms with van der Waals surface area (Å²) in [6, 6.07) is 2.14. The molecule has 1 atom stereocenters. The second-order valence-electron chi connectivity index (χ2n) is 4.48. The van der Waals surface area contributed by atoms with E-state index in [9.17, 15) is 13.2 Å². The first-order chi connectivity index (χ1) is 8.50. The number of anilines is 1. The Bertz CT molecular complexity index is 409. The fourth-order valence-electron chi connectivity index (χ4n) is 2.20. The van der Waals surface area contributed by atoms with Crippen molar-refractivity contribution in [3.05, 3.63) is 23.9 Å². The highest BCUT2D eigenvalue weighted by atomic mass is 79.9. The van der Waals surface area contributed by atoms with Crippen molar-refractivity contribution in [3.8, 4) is 0 Å². The largest absolute Gasteiger partial charge is 0.416 e. The van der Waals surface area contributed by atoms with Crippen LogP contribution >= 0.6 is 15.9 Å². The molecule has 100 valence electrons. The van der Waals surface area contributed by atoms with Crippen molar-refractivity contribution in [1.29, 1.82) is 0 Å². The molecule has 18 heavy (non-hydrogen) atoms. The first kappa shape index (κ1) is 13.6. The topological polar surface area (TPSA) is 16.1 Å². The SMILES string of the molecule is FC(F)(F)c1ccnc(N2CCC(CCBr)C2)c1. The normalized spacial score (nSPS) is 20.4. The fraction of sp³-hybridized carbons (Fsp3) is 0.583. The van der Waals surface area contributed by atoms with E-state index in [0.717, 1.165) is 43.4 Å². The van der Waals surface area contributed by atoms with E-state index in [2.05, 4.69) is 20.9 Å². The quantitative estimate of drug-likeness (QED) is 0.789. The van der Waals surface area contributed by atoms with Crippen molar-refractivity contribution in [2.75, 3.05) is 23.3 Å². The van der Waals surface area contributed by atoms with Crippen LogP contribution in [0.3, 0.4) is 0 Å². The standard InChI is InChI=1S/C12H14BrF3N2/c13-4-1-9-3-6-18(8-9)11-7-10(2-5-17-11)12(14,15)16/h2,5,7,9H,1,3-4,6,8H2. The zero-order valence-electron chi connectivity index (χ0n) is 9.75. The highest BCUT2D eigenvalue weighted by Gasteiger charge is 2.32. The first-order valence-corrected chi connectivity index (χ1v) is 6.97. The Morgan fingerprint density at radius 1 is 1.44 bits per heavy atom. The molecule has 2 heterocycles. The van der Waals surface area contributed by atoms with Gasteiger partial charge in [-0.05, 0) is 30.9 Å². The van der Waals surface area contributed by atoms with Crippen LogP contribution in [0.25, 0.3) is 0 Å². The van der Waals surface area contributed by atoms with Crippen molar-refractivity contribution >= 4 is 21.7 Å². The smallest absolute Gasteiger partial charge is 0.356 e. The third-order valence-electron chi connectivity index (χ3n) is 3.20. The van der Waals surface area contributed by atoms with Gasteiger partial charge in [0.2, 0.25) is 0 Å². The van der Waals surface area contributed by atoms with Crippen LogP contribution in [0.15, 0.2) is 18.3 Å². The van der Waals surface area contributed by atoms with E-state index in [1.165, 1.54) is 6.20 Å². The van der Waals surface area contributed by atoms with Gasteiger partial charge in [0.25, 0.3) is 0 Å². The van der Waals surface area contributed by atoms with E-state index in [0.29, 0.717) is 11.7 Å². The molecule has 1 aliphatic rings. The average Bonchev–Trinajstić information content (AvgIpc) is 2.77. The molecule has 2 nitrogen and oxygen atoms in total. The van der Waals surface area contributed by atoms with E-state index in [-0.39, 0.29) is 0 Å². The fourth-order valence-corrected chi connectivity index (χ4v) is 2.85. The summed E-state index contributed by atoms with van der Waals surface area (Å²) in [5.74, 6) is 0.975. The lowest BCUT2D eigenvalue weighted by Gasteiger charge is -2.18. The van der Waals surface area contributed by atoms with Crippen LogP contribution in [0.2, 0.25) is 0 Å². The molecule has 0 bridgehead atoms. The molecule has 0 saturated carbocycles. The number of pyridine rings is 1. The van der Waals surface area contributed by atoms with Crippen molar-refractivity contribution < 1.29 is 13.2 Å². The average molecular weight is 323 g/mol. The number of nitrogens with zero attached hydrogens (tertiary/aromatic N) is 2. The molecule has 0 aliphatic carbocycles. The Balaban J connectivity index is 2.10. The van der Waals surface area contributed by atoms with Gasteiger partial charge in [0.15, 0.2) is 0 Å². The predicted molar refractivity (Wildman–Crippen MR) is 68.0 cm³/mol. The van der Waals surface area contributed by atoms with Gasteiger partial charge in [0.05, 0.1) is 5.56 Å². The van der Waals surface area contributed by atoms with Crippen LogP contribution in [-0.4, -0.2) is 23.4 Å². The molecule has 1 aromatic heterocycles. The van der Waals surface area contributed by atoms with Gasteiger partial charge < -0.3 is 4.90 Å². The van der Waals surface area contributed by atoms with Gasteiger partial charge in [-0.15, -0.1) is 0 Å². The predicted octanol–water partition coefficient (Wildman–Crippen LogP) is 3.71. The third kappa shape index (κ3) is 3.16. The molecule has 1 unspecified atom stereocenters. The minimum absolute atomic E-state index is 0.432. The van der Waals surface area contributed by atoms with Gasteiger partial charge in [-0.25, -0.2) is 4.98 Å². The lowest BCUT2D eigenvalue weighted by Crippen LogP contribution is -2.21. The molecule has 1 fully saturated rings. The van der Waals surface area contributed by atoms with Crippen molar-refractivity contribution in [2.24, 2.45) is 5.92 Å². The lowest BCUT2D eigenvalue weighted by molar-refractivity contribution is -0.137. The minimum Gasteiger partial charge on any atom is -0.356 e. The molecule has 0 spiro atoms. The summed E-state index contributed by atoms with van der Waals surface area (Å²) in [5, 5.41) is 0.932. The minimum atomic E-state index is -4.30. The molecule has 6 heteroatoms. The van der Waals surface area contributed by atoms with Crippen LogP contribution in [0.4, 0.5) is 19.0 Å². The zero-order valence-corrected chi connectivity index (χ0v) is 11.3. The summed E-state index contributed by atoms with van der Waals surface area (Å²) in [6.45, 7) is 1.58. The summed E-state index contributed by atoms with van der Waals surface area (Å²) in [6.07, 6.45) is -0.998. The summed E-state index contributed by atoms with van der Waals surface area (Å²) < 4.78 is 37.8. The highest BCUT2D eigenvalue weighted by Crippen LogP contribution is 2.32. The molecule has 0 N–H and O–H groups in total. The van der Waals surface area contributed by atoms with Gasteiger partial charge >= 0.3 is 6.18 Å². The van der Waals surface area contributed by atoms with Gasteiger partial charge in [-0.3, -0.25) is 0 Å². The molecule has 1 saturated heterocycles. The molecule has 0 amide bonds. The van der Waals surface area contributed by atoms with Crippen LogP contribution in [-0.2, 0) is 6.18 Å². The second kappa shape index (κ2) is 5.47. The van der Waals surface area contributed by atoms with Crippen molar-refractivity contribution in [2.45, 2.75) is 19.0 Å². The molecule has 2 rings (SSSR count). The van der Waals surface area contributed by atoms with Crippen molar-refractivity contribution in [1.82, 2.24) is 4.98 Å². The lowest BCUT2D eigenvalue weighted by atomic mass is 10.1.